The third-order valence-electron chi connectivity index (χ3n) is 4.91. The van der Waals surface area contributed by atoms with Crippen molar-refractivity contribution in [3.8, 4) is 0 Å². The van der Waals surface area contributed by atoms with Gasteiger partial charge < -0.3 is 25.0 Å². The Morgan fingerprint density at radius 3 is 2.63 bits per heavy atom. The molecule has 1 aliphatic heterocycles. The minimum Gasteiger partial charge on any atom is -0.394 e. The van der Waals surface area contributed by atoms with Gasteiger partial charge >= 0.3 is 5.69 Å². The lowest BCUT2D eigenvalue weighted by Gasteiger charge is -2.16. The molecule has 0 radical (unpaired) electrons. The number of nitrogens with one attached hydrogen (secondary N) is 1. The molecule has 8 heteroatoms. The molecule has 0 aliphatic carbocycles. The van der Waals surface area contributed by atoms with Crippen molar-refractivity contribution in [1.29, 1.82) is 0 Å². The van der Waals surface area contributed by atoms with Crippen LogP contribution in [0.4, 0.5) is 0 Å². The van der Waals surface area contributed by atoms with Crippen LogP contribution in [0.25, 0.3) is 11.0 Å². The lowest BCUT2D eigenvalue weighted by molar-refractivity contribution is -0.0547. The molecule has 8 nitrogen and oxygen atoms in total. The van der Waals surface area contributed by atoms with Crippen LogP contribution in [-0.2, 0) is 17.6 Å². The number of aliphatic hydroxyl groups is 3. The third kappa shape index (κ3) is 3.40. The highest BCUT2D eigenvalue weighted by molar-refractivity contribution is 5.75. The highest BCUT2D eigenvalue weighted by Crippen LogP contribution is 2.28. The summed E-state index contributed by atoms with van der Waals surface area (Å²) in [6.07, 6.45) is -1.46. The van der Waals surface area contributed by atoms with Gasteiger partial charge in [-0.3, -0.25) is 4.57 Å². The van der Waals surface area contributed by atoms with E-state index >= 15 is 0 Å². The van der Waals surface area contributed by atoms with E-state index in [1.54, 1.807) is 6.20 Å². The Bertz CT molecular complexity index is 984. The number of nitrogens with zero attached hydrogens (tertiary/aromatic N) is 2. The first-order valence-corrected chi connectivity index (χ1v) is 8.84. The van der Waals surface area contributed by atoms with Crippen molar-refractivity contribution in [2.45, 2.75) is 37.4 Å². The van der Waals surface area contributed by atoms with E-state index in [9.17, 15) is 20.1 Å². The molecule has 4 rings (SSSR count). The highest BCUT2D eigenvalue weighted by atomic mass is 16.6. The number of aromatic amines is 1. The summed E-state index contributed by atoms with van der Waals surface area (Å²) in [5.74, 6) is 0. The highest BCUT2D eigenvalue weighted by Gasteiger charge is 2.43. The van der Waals surface area contributed by atoms with Gasteiger partial charge in [0.25, 0.3) is 0 Å². The van der Waals surface area contributed by atoms with Crippen LogP contribution in [0.5, 0.6) is 0 Å². The Kier molecular flexibility index (Phi) is 4.79. The monoisotopic (exact) mass is 371 g/mol. The van der Waals surface area contributed by atoms with E-state index in [0.717, 1.165) is 23.1 Å². The molecule has 4 atom stereocenters. The molecule has 1 aromatic carbocycles. The van der Waals surface area contributed by atoms with Crippen molar-refractivity contribution >= 4 is 11.0 Å². The van der Waals surface area contributed by atoms with Crippen molar-refractivity contribution in [2.24, 2.45) is 0 Å². The second kappa shape index (κ2) is 7.24. The Morgan fingerprint density at radius 2 is 1.93 bits per heavy atom. The zero-order valence-electron chi connectivity index (χ0n) is 14.5. The molecule has 0 saturated carbocycles. The molecule has 27 heavy (non-hydrogen) atoms. The number of ether oxygens (including phenoxy) is 1. The maximum Gasteiger partial charge on any atom is 0.351 e. The Labute approximate surface area is 154 Å². The van der Waals surface area contributed by atoms with E-state index < -0.39 is 36.8 Å². The van der Waals surface area contributed by atoms with Gasteiger partial charge in [-0.15, -0.1) is 0 Å². The maximum absolute atomic E-state index is 12.4. The summed E-state index contributed by atoms with van der Waals surface area (Å²) in [5, 5.41) is 30.0. The predicted octanol–water partition coefficient (Wildman–Crippen LogP) is 0.121. The maximum atomic E-state index is 12.4. The normalized spacial score (nSPS) is 25.3. The number of benzene rings is 1. The lowest BCUT2D eigenvalue weighted by Crippen LogP contribution is -2.35. The number of hydrogen-bond donors (Lipinski definition) is 4. The largest absolute Gasteiger partial charge is 0.394 e. The second-order valence-corrected chi connectivity index (χ2v) is 6.74. The minimum atomic E-state index is -1.32. The zero-order chi connectivity index (χ0) is 19.0. The van der Waals surface area contributed by atoms with Gasteiger partial charge in [-0.25, -0.2) is 4.79 Å². The van der Waals surface area contributed by atoms with Crippen LogP contribution < -0.4 is 5.69 Å². The smallest absolute Gasteiger partial charge is 0.351 e. The number of aryl methyl sites for hydroxylation is 2. The van der Waals surface area contributed by atoms with Crippen molar-refractivity contribution in [2.75, 3.05) is 6.61 Å². The molecule has 4 N–H and O–H groups in total. The number of H-pyrrole nitrogens is 1. The lowest BCUT2D eigenvalue weighted by atomic mass is 10.1. The van der Waals surface area contributed by atoms with Crippen LogP contribution in [0.15, 0.2) is 47.4 Å². The molecular weight excluding hydrogens is 350 g/mol. The number of fused-ring (bicyclic) bond motifs is 1. The van der Waals surface area contributed by atoms with Crippen molar-refractivity contribution in [3.63, 3.8) is 0 Å². The first-order valence-electron chi connectivity index (χ1n) is 8.84. The van der Waals surface area contributed by atoms with Crippen LogP contribution in [0.2, 0.25) is 0 Å². The molecule has 142 valence electrons. The molecule has 3 heterocycles. The molecule has 3 aromatic rings. The van der Waals surface area contributed by atoms with Gasteiger partial charge in [0.05, 0.1) is 6.61 Å². The molecule has 0 amide bonds. The summed E-state index contributed by atoms with van der Waals surface area (Å²) in [6, 6.07) is 12.0. The fourth-order valence-electron chi connectivity index (χ4n) is 3.42. The number of aliphatic hydroxyl groups excluding tert-OH is 3. The summed E-state index contributed by atoms with van der Waals surface area (Å²) >= 11 is 0. The van der Waals surface area contributed by atoms with E-state index in [0.29, 0.717) is 11.0 Å². The molecule has 1 fully saturated rings. The van der Waals surface area contributed by atoms with E-state index in [4.69, 9.17) is 4.74 Å². The van der Waals surface area contributed by atoms with Gasteiger partial charge in [-0.05, 0) is 24.5 Å². The number of rotatable bonds is 5. The summed E-state index contributed by atoms with van der Waals surface area (Å²) < 4.78 is 6.58. The third-order valence-corrected chi connectivity index (χ3v) is 4.91. The first-order chi connectivity index (χ1) is 13.1. The summed E-state index contributed by atoms with van der Waals surface area (Å²) in [7, 11) is 0. The number of aromatic nitrogens is 3. The topological polar surface area (TPSA) is 121 Å². The molecule has 2 aromatic heterocycles. The Morgan fingerprint density at radius 1 is 1.15 bits per heavy atom. The van der Waals surface area contributed by atoms with E-state index in [1.165, 1.54) is 5.56 Å². The molecule has 1 aliphatic rings. The van der Waals surface area contributed by atoms with Crippen molar-refractivity contribution in [1.82, 2.24) is 14.5 Å². The van der Waals surface area contributed by atoms with Crippen LogP contribution in [0.1, 0.15) is 17.5 Å². The minimum absolute atomic E-state index is 0.451. The standard InChI is InChI=1S/C19H21N3O5/c23-10-14-15(24)16(25)18(27-14)22-9-12-8-13(20-17(12)21-19(22)26)7-6-11-4-2-1-3-5-11/h1-5,8-9,14-16,18,23-25H,6-7,10H2,(H,20,21,26)/t14-,15-,16-,18-/m1/s1. The second-order valence-electron chi connectivity index (χ2n) is 6.74. The van der Waals surface area contributed by atoms with E-state index in [2.05, 4.69) is 22.1 Å². The fraction of sp³-hybridized carbons (Fsp3) is 0.368. The van der Waals surface area contributed by atoms with Gasteiger partial charge in [0.15, 0.2) is 6.23 Å². The van der Waals surface area contributed by atoms with Gasteiger partial charge in [0, 0.05) is 17.3 Å². The molecule has 0 bridgehead atoms. The SMILES string of the molecule is O=c1nc2[nH]c(CCc3ccccc3)cc2cn1[C@@H]1O[C@H](CO)[C@@H](O)[C@H]1O. The van der Waals surface area contributed by atoms with Crippen LogP contribution in [0.3, 0.4) is 0 Å². The Hall–Kier alpha value is -2.52. The number of hydrogen-bond acceptors (Lipinski definition) is 6. The average Bonchev–Trinajstić information content (AvgIpc) is 3.20. The van der Waals surface area contributed by atoms with E-state index in [1.807, 2.05) is 24.3 Å². The van der Waals surface area contributed by atoms with E-state index in [-0.39, 0.29) is 0 Å². The Balaban J connectivity index is 1.59. The van der Waals surface area contributed by atoms with Gasteiger partial charge in [-0.1, -0.05) is 30.3 Å². The van der Waals surface area contributed by atoms with Gasteiger partial charge in [0.1, 0.15) is 24.0 Å². The fourth-order valence-corrected chi connectivity index (χ4v) is 3.42. The van der Waals surface area contributed by atoms with Gasteiger partial charge in [-0.2, -0.15) is 4.98 Å². The molecule has 0 unspecified atom stereocenters. The van der Waals surface area contributed by atoms with Crippen LogP contribution >= 0.6 is 0 Å². The van der Waals surface area contributed by atoms with Gasteiger partial charge in [0.2, 0.25) is 0 Å². The first kappa shape index (κ1) is 17.9. The summed E-state index contributed by atoms with van der Waals surface area (Å²) in [6.45, 7) is -0.451. The zero-order valence-corrected chi connectivity index (χ0v) is 14.5. The van der Waals surface area contributed by atoms with Crippen molar-refractivity contribution < 1.29 is 20.1 Å². The van der Waals surface area contributed by atoms with Crippen LogP contribution in [-0.4, -0.2) is 54.8 Å². The predicted molar refractivity (Wildman–Crippen MR) is 97.2 cm³/mol. The quantitative estimate of drug-likeness (QED) is 0.506. The molecule has 0 spiro atoms. The summed E-state index contributed by atoms with van der Waals surface area (Å²) in [4.78, 5) is 19.5. The average molecular weight is 371 g/mol. The van der Waals surface area contributed by atoms with Crippen molar-refractivity contribution in [3.05, 3.63) is 64.3 Å². The van der Waals surface area contributed by atoms with Crippen LogP contribution in [0, 0.1) is 0 Å². The molecular formula is C19H21N3O5. The summed E-state index contributed by atoms with van der Waals surface area (Å²) in [5.41, 5.74) is 2.02. The molecule has 1 saturated heterocycles.